The van der Waals surface area contributed by atoms with E-state index in [4.69, 9.17) is 4.42 Å². The summed E-state index contributed by atoms with van der Waals surface area (Å²) in [4.78, 5) is 17.8. The van der Waals surface area contributed by atoms with E-state index in [9.17, 15) is 4.79 Å². The number of nitrogens with zero attached hydrogens (tertiary/aromatic N) is 2. The van der Waals surface area contributed by atoms with Crippen molar-refractivity contribution >= 4 is 5.91 Å². The molecule has 0 unspecified atom stereocenters. The minimum absolute atomic E-state index is 0.0750. The predicted molar refractivity (Wildman–Crippen MR) is 101 cm³/mol. The Morgan fingerprint density at radius 3 is 2.52 bits per heavy atom. The second kappa shape index (κ2) is 6.46. The Morgan fingerprint density at radius 2 is 2.00 bits per heavy atom. The molecule has 1 atom stereocenters. The van der Waals surface area contributed by atoms with Gasteiger partial charge in [0.25, 0.3) is 5.91 Å². The molecule has 2 fully saturated rings. The van der Waals surface area contributed by atoms with E-state index in [0.717, 1.165) is 43.1 Å². The van der Waals surface area contributed by atoms with Gasteiger partial charge in [0.1, 0.15) is 11.5 Å². The minimum Gasteiger partial charge on any atom is -0.465 e. The number of likely N-dealkylation sites (tertiary alicyclic amines) is 2. The lowest BCUT2D eigenvalue weighted by Crippen LogP contribution is -2.67. The lowest BCUT2D eigenvalue weighted by molar-refractivity contribution is -0.0648. The molecule has 25 heavy (non-hydrogen) atoms. The molecule has 0 bridgehead atoms. The molecular formula is C21H34N2O2. The number of hydrogen-bond acceptors (Lipinski definition) is 3. The van der Waals surface area contributed by atoms with Crippen molar-refractivity contribution in [2.45, 2.75) is 71.8 Å². The van der Waals surface area contributed by atoms with E-state index >= 15 is 0 Å². The molecule has 1 aromatic rings. The normalized spacial score (nSPS) is 24.8. The highest BCUT2D eigenvalue weighted by molar-refractivity contribution is 5.95. The Kier molecular flexibility index (Phi) is 4.78. The van der Waals surface area contributed by atoms with E-state index in [1.54, 1.807) is 0 Å². The molecule has 2 saturated heterocycles. The fraction of sp³-hybridized carbons (Fsp3) is 0.762. The Balaban J connectivity index is 1.76. The maximum atomic E-state index is 13.2. The molecule has 3 rings (SSSR count). The first kappa shape index (κ1) is 18.5. The molecule has 0 aliphatic carbocycles. The molecule has 0 saturated carbocycles. The Morgan fingerprint density at radius 1 is 1.28 bits per heavy atom. The van der Waals surface area contributed by atoms with Crippen LogP contribution in [0.15, 0.2) is 10.5 Å². The molecule has 2 aliphatic heterocycles. The summed E-state index contributed by atoms with van der Waals surface area (Å²) >= 11 is 0. The van der Waals surface area contributed by atoms with Crippen LogP contribution in [0.25, 0.3) is 0 Å². The summed E-state index contributed by atoms with van der Waals surface area (Å²) in [6.07, 6.45) is 3.55. The number of furan rings is 1. The van der Waals surface area contributed by atoms with Gasteiger partial charge < -0.3 is 9.32 Å². The van der Waals surface area contributed by atoms with Crippen LogP contribution in [0, 0.1) is 12.8 Å². The number of amides is 1. The summed E-state index contributed by atoms with van der Waals surface area (Å²) < 4.78 is 5.90. The number of aryl methyl sites for hydroxylation is 1. The highest BCUT2D eigenvalue weighted by Crippen LogP contribution is 2.39. The third-order valence-electron chi connectivity index (χ3n) is 5.83. The zero-order valence-corrected chi connectivity index (χ0v) is 16.8. The van der Waals surface area contributed by atoms with E-state index in [-0.39, 0.29) is 16.9 Å². The molecule has 140 valence electrons. The average molecular weight is 347 g/mol. The van der Waals surface area contributed by atoms with Gasteiger partial charge in [-0.25, -0.2) is 0 Å². The minimum atomic E-state index is -0.0750. The van der Waals surface area contributed by atoms with Gasteiger partial charge in [-0.15, -0.1) is 0 Å². The number of piperidine rings is 1. The Hall–Kier alpha value is -1.29. The summed E-state index contributed by atoms with van der Waals surface area (Å²) in [6, 6.07) is 1.96. The van der Waals surface area contributed by atoms with Crippen molar-refractivity contribution in [3.8, 4) is 0 Å². The van der Waals surface area contributed by atoms with Crippen LogP contribution < -0.4 is 0 Å². The first-order chi connectivity index (χ1) is 11.6. The van der Waals surface area contributed by atoms with Gasteiger partial charge in [0, 0.05) is 37.1 Å². The van der Waals surface area contributed by atoms with E-state index in [1.165, 1.54) is 19.4 Å². The Bertz CT molecular complexity index is 641. The van der Waals surface area contributed by atoms with Crippen molar-refractivity contribution in [2.75, 3.05) is 26.2 Å². The van der Waals surface area contributed by atoms with Gasteiger partial charge in [-0.3, -0.25) is 9.69 Å². The lowest BCUT2D eigenvalue weighted by Gasteiger charge is -2.57. The predicted octanol–water partition coefficient (Wildman–Crippen LogP) is 4.22. The molecule has 1 amide bonds. The van der Waals surface area contributed by atoms with Gasteiger partial charge in [0.15, 0.2) is 0 Å². The molecule has 4 heteroatoms. The fourth-order valence-corrected chi connectivity index (χ4v) is 4.29. The smallest absolute Gasteiger partial charge is 0.257 e. The second-order valence-corrected chi connectivity index (χ2v) is 9.47. The van der Waals surface area contributed by atoms with Crippen LogP contribution in [0.3, 0.4) is 0 Å². The first-order valence-corrected chi connectivity index (χ1v) is 9.78. The standard InChI is InChI=1S/C21H34N2O2/c1-15(2)13-23-11-9-21(23)8-7-10-22(14-21)19(24)17-12-18(20(4,5)6)25-16(17)3/h12,15H,7-11,13-14H2,1-6H3/t21-/m0/s1. The van der Waals surface area contributed by atoms with E-state index in [1.807, 2.05) is 13.0 Å². The number of hydrogen-bond donors (Lipinski definition) is 0. The maximum absolute atomic E-state index is 13.2. The third kappa shape index (κ3) is 3.51. The zero-order valence-electron chi connectivity index (χ0n) is 16.8. The summed E-state index contributed by atoms with van der Waals surface area (Å²) in [5.41, 5.74) is 0.897. The summed E-state index contributed by atoms with van der Waals surface area (Å²) in [5, 5.41) is 0. The van der Waals surface area contributed by atoms with Gasteiger partial charge >= 0.3 is 0 Å². The molecule has 0 N–H and O–H groups in total. The highest BCUT2D eigenvalue weighted by Gasteiger charge is 2.48. The molecule has 4 nitrogen and oxygen atoms in total. The maximum Gasteiger partial charge on any atom is 0.257 e. The van der Waals surface area contributed by atoms with Crippen molar-refractivity contribution in [1.29, 1.82) is 0 Å². The zero-order chi connectivity index (χ0) is 18.4. The van der Waals surface area contributed by atoms with Crippen LogP contribution in [-0.2, 0) is 5.41 Å². The van der Waals surface area contributed by atoms with E-state index in [0.29, 0.717) is 5.92 Å². The molecule has 0 aromatic carbocycles. The molecular weight excluding hydrogens is 312 g/mol. The van der Waals surface area contributed by atoms with Gasteiger partial charge in [0.2, 0.25) is 0 Å². The van der Waals surface area contributed by atoms with Crippen molar-refractivity contribution < 1.29 is 9.21 Å². The van der Waals surface area contributed by atoms with Gasteiger partial charge in [-0.1, -0.05) is 34.6 Å². The molecule has 1 aromatic heterocycles. The van der Waals surface area contributed by atoms with Crippen LogP contribution in [0.4, 0.5) is 0 Å². The van der Waals surface area contributed by atoms with E-state index < -0.39 is 0 Å². The van der Waals surface area contributed by atoms with Crippen LogP contribution >= 0.6 is 0 Å². The van der Waals surface area contributed by atoms with Crippen LogP contribution in [0.5, 0.6) is 0 Å². The summed E-state index contributed by atoms with van der Waals surface area (Å²) in [7, 11) is 0. The SMILES string of the molecule is Cc1oc(C(C)(C)C)cc1C(=O)N1CCC[C@]2(CCN2CC(C)C)C1. The molecule has 1 spiro atoms. The van der Waals surface area contributed by atoms with Gasteiger partial charge in [-0.2, -0.15) is 0 Å². The van der Waals surface area contributed by atoms with Crippen molar-refractivity contribution in [3.05, 3.63) is 23.2 Å². The summed E-state index contributed by atoms with van der Waals surface area (Å²) in [5.74, 6) is 2.47. The quantitative estimate of drug-likeness (QED) is 0.822. The van der Waals surface area contributed by atoms with Crippen LogP contribution in [0.2, 0.25) is 0 Å². The monoisotopic (exact) mass is 346 g/mol. The van der Waals surface area contributed by atoms with E-state index in [2.05, 4.69) is 44.4 Å². The van der Waals surface area contributed by atoms with Crippen molar-refractivity contribution in [2.24, 2.45) is 5.92 Å². The van der Waals surface area contributed by atoms with Crippen LogP contribution in [-0.4, -0.2) is 47.4 Å². The first-order valence-electron chi connectivity index (χ1n) is 9.78. The Labute approximate surface area is 152 Å². The van der Waals surface area contributed by atoms with Crippen LogP contribution in [0.1, 0.15) is 75.8 Å². The topological polar surface area (TPSA) is 36.7 Å². The lowest BCUT2D eigenvalue weighted by atomic mass is 9.77. The number of rotatable bonds is 3. The summed E-state index contributed by atoms with van der Waals surface area (Å²) in [6.45, 7) is 16.9. The fourth-order valence-electron chi connectivity index (χ4n) is 4.29. The second-order valence-electron chi connectivity index (χ2n) is 9.47. The molecule has 3 heterocycles. The number of carbonyl (C=O) groups excluding carboxylic acids is 1. The highest BCUT2D eigenvalue weighted by atomic mass is 16.3. The molecule has 2 aliphatic rings. The molecule has 0 radical (unpaired) electrons. The average Bonchev–Trinajstić information content (AvgIpc) is 2.93. The van der Waals surface area contributed by atoms with Crippen molar-refractivity contribution in [3.63, 3.8) is 0 Å². The van der Waals surface area contributed by atoms with Gasteiger partial charge in [-0.05, 0) is 38.2 Å². The third-order valence-corrected chi connectivity index (χ3v) is 5.83. The number of carbonyl (C=O) groups is 1. The van der Waals surface area contributed by atoms with Gasteiger partial charge in [0.05, 0.1) is 5.56 Å². The largest absolute Gasteiger partial charge is 0.465 e. The van der Waals surface area contributed by atoms with Crippen molar-refractivity contribution in [1.82, 2.24) is 9.80 Å².